The monoisotopic (exact) mass is 385 g/mol. The number of hydrogen-bond donors (Lipinski definition) is 0. The molecule has 3 saturated heterocycles. The van der Waals surface area contributed by atoms with Gasteiger partial charge < -0.3 is 9.64 Å². The molecule has 5 heteroatoms. The van der Waals surface area contributed by atoms with E-state index in [0.717, 1.165) is 32.1 Å². The quantitative estimate of drug-likeness (QED) is 0.730. The smallest absolute Gasteiger partial charge is 0.128 e. The fraction of sp³-hybridized carbons (Fsp3) is 0.667. The summed E-state index contributed by atoms with van der Waals surface area (Å²) in [7, 11) is 0. The number of rotatable bonds is 2. The third-order valence-electron chi connectivity index (χ3n) is 4.90. The average Bonchev–Trinajstić information content (AvgIpc) is 3.05. The van der Waals surface area contributed by atoms with Gasteiger partial charge in [-0.05, 0) is 54.0 Å². The summed E-state index contributed by atoms with van der Waals surface area (Å²) in [4.78, 5) is 9.83. The summed E-state index contributed by atoms with van der Waals surface area (Å²) < 4.78 is 6.80. The van der Waals surface area contributed by atoms with Crippen LogP contribution >= 0.6 is 22.6 Å². The summed E-state index contributed by atoms with van der Waals surface area (Å²) in [5.74, 6) is 1.14. The lowest BCUT2D eigenvalue weighted by Gasteiger charge is -2.44. The molecule has 0 N–H and O–H groups in total. The van der Waals surface area contributed by atoms with Crippen molar-refractivity contribution in [1.82, 2.24) is 9.88 Å². The van der Waals surface area contributed by atoms with E-state index in [1.165, 1.54) is 22.8 Å². The van der Waals surface area contributed by atoms with Crippen LogP contribution in [0.5, 0.6) is 0 Å². The van der Waals surface area contributed by atoms with Crippen molar-refractivity contribution in [3.63, 3.8) is 0 Å². The van der Waals surface area contributed by atoms with E-state index in [1.54, 1.807) is 0 Å². The zero-order valence-corrected chi connectivity index (χ0v) is 13.7. The lowest BCUT2D eigenvalue weighted by Crippen LogP contribution is -2.57. The third-order valence-corrected chi connectivity index (χ3v) is 5.54. The summed E-state index contributed by atoms with van der Waals surface area (Å²) in [5.41, 5.74) is 0. The zero-order chi connectivity index (χ0) is 13.5. The van der Waals surface area contributed by atoms with Crippen molar-refractivity contribution in [2.45, 2.75) is 37.4 Å². The van der Waals surface area contributed by atoms with Gasteiger partial charge >= 0.3 is 0 Å². The van der Waals surface area contributed by atoms with Gasteiger partial charge in [-0.1, -0.05) is 0 Å². The SMILES string of the molecule is Ic1ccc(N2CC3CCC(C2)N3C2CCOC2)nc1. The average molecular weight is 385 g/mol. The Morgan fingerprint density at radius 1 is 1.10 bits per heavy atom. The van der Waals surface area contributed by atoms with Crippen LogP contribution in [0.1, 0.15) is 19.3 Å². The normalized spacial score (nSPS) is 33.9. The Labute approximate surface area is 133 Å². The molecule has 1 aromatic heterocycles. The first-order chi connectivity index (χ1) is 9.81. The van der Waals surface area contributed by atoms with Gasteiger partial charge in [0.05, 0.1) is 6.61 Å². The van der Waals surface area contributed by atoms with Crippen LogP contribution < -0.4 is 4.90 Å². The molecular weight excluding hydrogens is 365 g/mol. The molecule has 0 aromatic carbocycles. The van der Waals surface area contributed by atoms with Gasteiger partial charge in [-0.15, -0.1) is 0 Å². The molecule has 20 heavy (non-hydrogen) atoms. The molecule has 0 spiro atoms. The van der Waals surface area contributed by atoms with Gasteiger partial charge in [0.25, 0.3) is 0 Å². The summed E-state index contributed by atoms with van der Waals surface area (Å²) in [5, 5.41) is 0. The molecule has 3 aliphatic heterocycles. The standard InChI is InChI=1S/C15H20IN3O/c16-11-1-4-15(17-7-11)18-8-12-2-3-13(9-18)19(12)14-5-6-20-10-14/h1,4,7,12-14H,2-3,5-6,8-10H2. The van der Waals surface area contributed by atoms with E-state index in [1.807, 2.05) is 6.20 Å². The number of ether oxygens (including phenoxy) is 1. The highest BCUT2D eigenvalue weighted by atomic mass is 127. The molecule has 4 rings (SSSR count). The Bertz CT molecular complexity index is 461. The number of fused-ring (bicyclic) bond motifs is 2. The molecule has 3 atom stereocenters. The van der Waals surface area contributed by atoms with Gasteiger partial charge in [0.2, 0.25) is 0 Å². The van der Waals surface area contributed by atoms with Crippen molar-refractivity contribution in [2.75, 3.05) is 31.2 Å². The zero-order valence-electron chi connectivity index (χ0n) is 11.5. The summed E-state index contributed by atoms with van der Waals surface area (Å²) in [6, 6.07) is 6.37. The van der Waals surface area contributed by atoms with Gasteiger partial charge in [0.15, 0.2) is 0 Å². The summed E-state index contributed by atoms with van der Waals surface area (Å²) in [6.45, 7) is 4.14. The Hall–Kier alpha value is -0.400. The molecule has 108 valence electrons. The topological polar surface area (TPSA) is 28.6 Å². The second kappa shape index (κ2) is 5.42. The second-order valence-electron chi connectivity index (χ2n) is 6.09. The van der Waals surface area contributed by atoms with E-state index < -0.39 is 0 Å². The summed E-state index contributed by atoms with van der Waals surface area (Å²) in [6.07, 6.45) is 5.85. The van der Waals surface area contributed by atoms with Gasteiger partial charge in [0.1, 0.15) is 5.82 Å². The van der Waals surface area contributed by atoms with Crippen molar-refractivity contribution < 1.29 is 4.74 Å². The molecule has 1 aromatic rings. The molecule has 4 nitrogen and oxygen atoms in total. The van der Waals surface area contributed by atoms with Crippen LogP contribution in [-0.4, -0.2) is 54.3 Å². The first kappa shape index (κ1) is 13.3. The van der Waals surface area contributed by atoms with Crippen LogP contribution in [0.3, 0.4) is 0 Å². The lowest BCUT2D eigenvalue weighted by atomic mass is 10.1. The van der Waals surface area contributed by atoms with Crippen molar-refractivity contribution in [3.8, 4) is 0 Å². The minimum Gasteiger partial charge on any atom is -0.380 e. The van der Waals surface area contributed by atoms with E-state index in [9.17, 15) is 0 Å². The molecule has 0 aliphatic carbocycles. The van der Waals surface area contributed by atoms with Gasteiger partial charge in [-0.2, -0.15) is 0 Å². The Morgan fingerprint density at radius 2 is 1.90 bits per heavy atom. The van der Waals surface area contributed by atoms with Crippen molar-refractivity contribution in [2.24, 2.45) is 0 Å². The second-order valence-corrected chi connectivity index (χ2v) is 7.33. The predicted molar refractivity (Wildman–Crippen MR) is 87.0 cm³/mol. The van der Waals surface area contributed by atoms with E-state index in [0.29, 0.717) is 18.1 Å². The van der Waals surface area contributed by atoms with Crippen LogP contribution in [0.15, 0.2) is 18.3 Å². The van der Waals surface area contributed by atoms with Crippen LogP contribution in [0.4, 0.5) is 5.82 Å². The first-order valence-corrected chi connectivity index (χ1v) is 8.61. The lowest BCUT2D eigenvalue weighted by molar-refractivity contribution is 0.0918. The Morgan fingerprint density at radius 3 is 2.50 bits per heavy atom. The molecule has 3 aliphatic rings. The summed E-state index contributed by atoms with van der Waals surface area (Å²) >= 11 is 2.31. The van der Waals surface area contributed by atoms with Crippen LogP contribution in [0, 0.1) is 3.57 Å². The van der Waals surface area contributed by atoms with E-state index in [2.05, 4.69) is 49.5 Å². The minimum atomic E-state index is 0.666. The van der Waals surface area contributed by atoms with E-state index in [4.69, 9.17) is 4.74 Å². The highest BCUT2D eigenvalue weighted by Crippen LogP contribution is 2.35. The Balaban J connectivity index is 1.51. The number of pyridine rings is 1. The van der Waals surface area contributed by atoms with Gasteiger partial charge in [-0.25, -0.2) is 4.98 Å². The molecule has 0 amide bonds. The largest absolute Gasteiger partial charge is 0.380 e. The van der Waals surface area contributed by atoms with Crippen molar-refractivity contribution >= 4 is 28.4 Å². The molecular formula is C15H20IN3O. The third kappa shape index (κ3) is 2.33. The molecule has 0 saturated carbocycles. The Kier molecular flexibility index (Phi) is 3.60. The molecule has 0 radical (unpaired) electrons. The van der Waals surface area contributed by atoms with Crippen molar-refractivity contribution in [1.29, 1.82) is 0 Å². The fourth-order valence-electron chi connectivity index (χ4n) is 4.03. The highest BCUT2D eigenvalue weighted by molar-refractivity contribution is 14.1. The first-order valence-electron chi connectivity index (χ1n) is 7.53. The molecule has 2 bridgehead atoms. The fourth-order valence-corrected chi connectivity index (χ4v) is 4.35. The number of aromatic nitrogens is 1. The number of anilines is 1. The maximum atomic E-state index is 5.59. The van der Waals surface area contributed by atoms with E-state index >= 15 is 0 Å². The highest BCUT2D eigenvalue weighted by Gasteiger charge is 2.44. The maximum absolute atomic E-state index is 5.59. The molecule has 3 fully saturated rings. The van der Waals surface area contributed by atoms with E-state index in [-0.39, 0.29) is 0 Å². The predicted octanol–water partition coefficient (Wildman–Crippen LogP) is 2.13. The number of hydrogen-bond acceptors (Lipinski definition) is 4. The molecule has 4 heterocycles. The maximum Gasteiger partial charge on any atom is 0.128 e. The number of piperazine rings is 1. The van der Waals surface area contributed by atoms with Gasteiger partial charge in [0, 0.05) is 47.6 Å². The minimum absolute atomic E-state index is 0.666. The van der Waals surface area contributed by atoms with Crippen molar-refractivity contribution in [3.05, 3.63) is 21.9 Å². The number of halogens is 1. The van der Waals surface area contributed by atoms with Crippen LogP contribution in [0.25, 0.3) is 0 Å². The number of nitrogens with zero attached hydrogens (tertiary/aromatic N) is 3. The van der Waals surface area contributed by atoms with Crippen LogP contribution in [0.2, 0.25) is 0 Å². The molecule has 3 unspecified atom stereocenters. The van der Waals surface area contributed by atoms with Crippen LogP contribution in [-0.2, 0) is 4.74 Å². The van der Waals surface area contributed by atoms with Gasteiger partial charge in [-0.3, -0.25) is 4.90 Å².